The monoisotopic (exact) mass is 315 g/mol. The molecule has 1 unspecified atom stereocenters. The molecule has 5 heteroatoms. The van der Waals surface area contributed by atoms with E-state index in [2.05, 4.69) is 20.8 Å². The van der Waals surface area contributed by atoms with Gasteiger partial charge in [-0.1, -0.05) is 6.07 Å². The first-order chi connectivity index (χ1) is 8.56. The van der Waals surface area contributed by atoms with Gasteiger partial charge in [0.2, 0.25) is 0 Å². The molecule has 18 heavy (non-hydrogen) atoms. The summed E-state index contributed by atoms with van der Waals surface area (Å²) in [4.78, 5) is 13.1. The van der Waals surface area contributed by atoms with Gasteiger partial charge in [0.1, 0.15) is 5.82 Å². The smallest absolute Gasteiger partial charge is 0.307 e. The van der Waals surface area contributed by atoms with Gasteiger partial charge in [-0.15, -0.1) is 0 Å². The van der Waals surface area contributed by atoms with Crippen molar-refractivity contribution in [1.82, 2.24) is 4.90 Å². The van der Waals surface area contributed by atoms with Crippen molar-refractivity contribution < 1.29 is 14.3 Å². The molecule has 1 aliphatic rings. The molecule has 2 rings (SSSR count). The van der Waals surface area contributed by atoms with Gasteiger partial charge in [-0.3, -0.25) is 9.69 Å². The quantitative estimate of drug-likeness (QED) is 0.932. The lowest BCUT2D eigenvalue weighted by atomic mass is 9.98. The minimum absolute atomic E-state index is 0.275. The van der Waals surface area contributed by atoms with Crippen LogP contribution in [0.3, 0.4) is 0 Å². The molecule has 0 bridgehead atoms. The van der Waals surface area contributed by atoms with Gasteiger partial charge in [0.05, 0.1) is 10.4 Å². The Morgan fingerprint density at radius 1 is 1.56 bits per heavy atom. The fourth-order valence-corrected chi connectivity index (χ4v) is 2.72. The van der Waals surface area contributed by atoms with E-state index < -0.39 is 5.97 Å². The highest BCUT2D eigenvalue weighted by Gasteiger charge is 2.25. The fourth-order valence-electron chi connectivity index (χ4n) is 2.30. The molecule has 0 spiro atoms. The first kappa shape index (κ1) is 13.5. The average Bonchev–Trinajstić information content (AvgIpc) is 2.34. The number of likely N-dealkylation sites (tertiary alicyclic amines) is 1. The maximum atomic E-state index is 13.1. The summed E-state index contributed by atoms with van der Waals surface area (Å²) in [6.07, 6.45) is 1.65. The topological polar surface area (TPSA) is 40.5 Å². The molecule has 1 aromatic rings. The van der Waals surface area contributed by atoms with E-state index in [0.717, 1.165) is 24.9 Å². The number of halogens is 2. The Morgan fingerprint density at radius 2 is 2.33 bits per heavy atom. The molecule has 1 aromatic carbocycles. The highest BCUT2D eigenvalue weighted by Crippen LogP contribution is 2.21. The molecule has 0 aliphatic carbocycles. The van der Waals surface area contributed by atoms with Gasteiger partial charge < -0.3 is 5.11 Å². The van der Waals surface area contributed by atoms with Crippen LogP contribution in [0.25, 0.3) is 0 Å². The second-order valence-electron chi connectivity index (χ2n) is 4.66. The number of carboxylic acids is 1. The number of nitrogens with zero attached hydrogens (tertiary/aromatic N) is 1. The third-order valence-corrected chi connectivity index (χ3v) is 3.85. The van der Waals surface area contributed by atoms with E-state index in [1.165, 1.54) is 6.07 Å². The van der Waals surface area contributed by atoms with Gasteiger partial charge in [-0.05, 0) is 53.0 Å². The summed E-state index contributed by atoms with van der Waals surface area (Å²) >= 11 is 3.16. The predicted octanol–water partition coefficient (Wildman–Crippen LogP) is 2.88. The molecule has 1 atom stereocenters. The summed E-state index contributed by atoms with van der Waals surface area (Å²) in [5.74, 6) is -1.27. The summed E-state index contributed by atoms with van der Waals surface area (Å²) in [6.45, 7) is 2.14. The fraction of sp³-hybridized carbons (Fsp3) is 0.462. The van der Waals surface area contributed by atoms with Crippen molar-refractivity contribution in [3.8, 4) is 0 Å². The number of aliphatic carboxylic acids is 1. The number of carbonyl (C=O) groups is 1. The zero-order chi connectivity index (χ0) is 13.1. The largest absolute Gasteiger partial charge is 0.481 e. The van der Waals surface area contributed by atoms with Crippen LogP contribution in [0.4, 0.5) is 4.39 Å². The van der Waals surface area contributed by atoms with Gasteiger partial charge in [0.25, 0.3) is 0 Å². The molecule has 1 N–H and O–H groups in total. The summed E-state index contributed by atoms with van der Waals surface area (Å²) in [7, 11) is 0. The van der Waals surface area contributed by atoms with E-state index in [-0.39, 0.29) is 11.7 Å². The van der Waals surface area contributed by atoms with Gasteiger partial charge >= 0.3 is 5.97 Å². The normalized spacial score (nSPS) is 20.9. The van der Waals surface area contributed by atoms with Crippen molar-refractivity contribution in [1.29, 1.82) is 0 Å². The van der Waals surface area contributed by atoms with E-state index in [9.17, 15) is 9.18 Å². The Kier molecular flexibility index (Phi) is 4.35. The number of carboxylic acid groups (broad SMARTS) is 1. The lowest BCUT2D eigenvalue weighted by molar-refractivity contribution is -0.143. The second-order valence-corrected chi connectivity index (χ2v) is 5.52. The second kappa shape index (κ2) is 5.80. The molecule has 98 valence electrons. The van der Waals surface area contributed by atoms with Gasteiger partial charge in [-0.2, -0.15) is 0 Å². The van der Waals surface area contributed by atoms with Crippen LogP contribution in [0.2, 0.25) is 0 Å². The zero-order valence-corrected chi connectivity index (χ0v) is 11.5. The van der Waals surface area contributed by atoms with Crippen molar-refractivity contribution in [3.63, 3.8) is 0 Å². The van der Waals surface area contributed by atoms with E-state index in [1.54, 1.807) is 12.1 Å². The SMILES string of the molecule is O=C(O)C1CCCN(Cc2ccc(F)c(Br)c2)C1. The van der Waals surface area contributed by atoms with Gasteiger partial charge in [0, 0.05) is 13.1 Å². The van der Waals surface area contributed by atoms with E-state index in [4.69, 9.17) is 5.11 Å². The van der Waals surface area contributed by atoms with Crippen LogP contribution in [0.15, 0.2) is 22.7 Å². The molecular formula is C13H15BrFNO2. The number of piperidine rings is 1. The van der Waals surface area contributed by atoms with Gasteiger partial charge in [-0.25, -0.2) is 4.39 Å². The first-order valence-electron chi connectivity index (χ1n) is 5.95. The van der Waals surface area contributed by atoms with Crippen LogP contribution in [0, 0.1) is 11.7 Å². The maximum absolute atomic E-state index is 13.1. The molecule has 0 saturated carbocycles. The zero-order valence-electron chi connectivity index (χ0n) is 9.90. The molecular weight excluding hydrogens is 301 g/mol. The highest BCUT2D eigenvalue weighted by molar-refractivity contribution is 9.10. The van der Waals surface area contributed by atoms with E-state index in [1.807, 2.05) is 0 Å². The minimum Gasteiger partial charge on any atom is -0.481 e. The van der Waals surface area contributed by atoms with Crippen molar-refractivity contribution in [2.45, 2.75) is 19.4 Å². The van der Waals surface area contributed by atoms with Gasteiger partial charge in [0.15, 0.2) is 0 Å². The number of hydrogen-bond acceptors (Lipinski definition) is 2. The summed E-state index contributed by atoms with van der Waals surface area (Å²) in [5, 5.41) is 9.02. The molecule has 1 saturated heterocycles. The summed E-state index contributed by atoms with van der Waals surface area (Å²) < 4.78 is 13.6. The number of benzene rings is 1. The van der Waals surface area contributed by atoms with Crippen molar-refractivity contribution >= 4 is 21.9 Å². The average molecular weight is 316 g/mol. The third-order valence-electron chi connectivity index (χ3n) is 3.24. The van der Waals surface area contributed by atoms with Crippen LogP contribution in [-0.2, 0) is 11.3 Å². The number of hydrogen-bond donors (Lipinski definition) is 1. The molecule has 0 radical (unpaired) electrons. The van der Waals surface area contributed by atoms with E-state index in [0.29, 0.717) is 17.6 Å². The molecule has 0 aromatic heterocycles. The molecule has 0 amide bonds. The molecule has 1 fully saturated rings. The molecule has 1 heterocycles. The Morgan fingerprint density at radius 3 is 3.00 bits per heavy atom. The van der Waals surface area contributed by atoms with Crippen molar-refractivity contribution in [2.24, 2.45) is 5.92 Å². The summed E-state index contributed by atoms with van der Waals surface area (Å²) in [5.41, 5.74) is 0.995. The maximum Gasteiger partial charge on any atom is 0.307 e. The van der Waals surface area contributed by atoms with Crippen LogP contribution in [0.1, 0.15) is 18.4 Å². The van der Waals surface area contributed by atoms with Crippen LogP contribution in [-0.4, -0.2) is 29.1 Å². The van der Waals surface area contributed by atoms with E-state index >= 15 is 0 Å². The lowest BCUT2D eigenvalue weighted by Gasteiger charge is -2.30. The minimum atomic E-state index is -0.722. The lowest BCUT2D eigenvalue weighted by Crippen LogP contribution is -2.38. The molecule has 3 nitrogen and oxygen atoms in total. The first-order valence-corrected chi connectivity index (χ1v) is 6.74. The Balaban J connectivity index is 2.00. The number of rotatable bonds is 3. The standard InChI is InChI=1S/C13H15BrFNO2/c14-11-6-9(3-4-12(11)15)7-16-5-1-2-10(8-16)13(17)18/h3-4,6,10H,1-2,5,7-8H2,(H,17,18). The van der Waals surface area contributed by atoms with Crippen molar-refractivity contribution in [3.05, 3.63) is 34.1 Å². The highest BCUT2D eigenvalue weighted by atomic mass is 79.9. The summed E-state index contributed by atoms with van der Waals surface area (Å²) in [6, 6.07) is 4.92. The molecule has 1 aliphatic heterocycles. The Bertz CT molecular complexity index is 453. The van der Waals surface area contributed by atoms with Crippen LogP contribution < -0.4 is 0 Å². The Labute approximate surface area is 114 Å². The van der Waals surface area contributed by atoms with Crippen LogP contribution in [0.5, 0.6) is 0 Å². The van der Waals surface area contributed by atoms with Crippen LogP contribution >= 0.6 is 15.9 Å². The Hall–Kier alpha value is -0.940. The predicted molar refractivity (Wildman–Crippen MR) is 69.7 cm³/mol. The third kappa shape index (κ3) is 3.29. The van der Waals surface area contributed by atoms with Crippen molar-refractivity contribution in [2.75, 3.05) is 13.1 Å².